The van der Waals surface area contributed by atoms with E-state index in [0.29, 0.717) is 18.9 Å². The molecule has 168 valence electrons. The van der Waals surface area contributed by atoms with Gasteiger partial charge in [-0.15, -0.1) is 11.3 Å². The minimum atomic E-state index is -0.165. The summed E-state index contributed by atoms with van der Waals surface area (Å²) in [6.45, 7) is 6.00. The molecule has 2 aliphatic rings. The Morgan fingerprint density at radius 1 is 1.26 bits per heavy atom. The van der Waals surface area contributed by atoms with Crippen LogP contribution < -0.4 is 10.2 Å². The molecule has 31 heavy (non-hydrogen) atoms. The number of nitrogens with one attached hydrogen (secondary N) is 1. The average Bonchev–Trinajstić information content (AvgIpc) is 3.38. The Hall–Kier alpha value is -2.36. The van der Waals surface area contributed by atoms with E-state index >= 15 is 0 Å². The number of hydrogen-bond donors (Lipinski definition) is 1. The van der Waals surface area contributed by atoms with E-state index in [2.05, 4.69) is 49.9 Å². The molecular formula is C22H32N6O2S. The molecule has 0 bridgehead atoms. The van der Waals surface area contributed by atoms with E-state index < -0.39 is 0 Å². The maximum atomic E-state index is 11.8. The highest BCUT2D eigenvalue weighted by Crippen LogP contribution is 2.31. The van der Waals surface area contributed by atoms with E-state index in [4.69, 9.17) is 4.74 Å². The summed E-state index contributed by atoms with van der Waals surface area (Å²) in [5.41, 5.74) is 1.36. The molecule has 1 fully saturated rings. The van der Waals surface area contributed by atoms with Crippen LogP contribution in [0.1, 0.15) is 12.8 Å². The molecule has 1 aromatic heterocycles. The number of ether oxygens (including phenoxy) is 1. The van der Waals surface area contributed by atoms with Crippen LogP contribution in [0.3, 0.4) is 0 Å². The van der Waals surface area contributed by atoms with Crippen molar-refractivity contribution in [3.63, 3.8) is 0 Å². The third-order valence-electron chi connectivity index (χ3n) is 5.84. The lowest BCUT2D eigenvalue weighted by Gasteiger charge is -2.36. The van der Waals surface area contributed by atoms with Crippen molar-refractivity contribution in [1.29, 1.82) is 0 Å². The molecule has 1 N–H and O–H groups in total. The monoisotopic (exact) mass is 444 g/mol. The number of rotatable bonds is 6. The van der Waals surface area contributed by atoms with Crippen molar-refractivity contribution in [2.75, 3.05) is 65.4 Å². The molecule has 2 aliphatic heterocycles. The zero-order valence-electron chi connectivity index (χ0n) is 18.6. The Kier molecular flexibility index (Phi) is 6.94. The summed E-state index contributed by atoms with van der Waals surface area (Å²) in [6.07, 6.45) is 1.48. The molecule has 2 aromatic rings. The number of piperazine rings is 1. The van der Waals surface area contributed by atoms with Crippen LogP contribution in [0.5, 0.6) is 0 Å². The third kappa shape index (κ3) is 5.28. The van der Waals surface area contributed by atoms with Crippen molar-refractivity contribution in [2.24, 2.45) is 5.10 Å². The van der Waals surface area contributed by atoms with Crippen molar-refractivity contribution < 1.29 is 9.53 Å². The molecule has 0 spiro atoms. The van der Waals surface area contributed by atoms with Gasteiger partial charge in [0.25, 0.3) is 0 Å². The number of amides is 2. The van der Waals surface area contributed by atoms with E-state index in [-0.39, 0.29) is 12.3 Å². The predicted molar refractivity (Wildman–Crippen MR) is 127 cm³/mol. The molecule has 3 heterocycles. The number of hydrazone groups is 1. The molecule has 9 heteroatoms. The Bertz CT molecular complexity index is 922. The number of carbonyl (C=O) groups is 1. The fourth-order valence-corrected chi connectivity index (χ4v) is 4.85. The quantitative estimate of drug-likeness (QED) is 0.694. The van der Waals surface area contributed by atoms with Gasteiger partial charge in [-0.1, -0.05) is 6.07 Å². The topological polar surface area (TPSA) is 63.7 Å². The number of nitrogens with zero attached hydrogens (tertiary/aromatic N) is 5. The lowest BCUT2D eigenvalue weighted by Crippen LogP contribution is -2.46. The minimum absolute atomic E-state index is 0.111. The van der Waals surface area contributed by atoms with Gasteiger partial charge in [-0.3, -0.25) is 15.2 Å². The average molecular weight is 445 g/mol. The Balaban J connectivity index is 1.15. The second-order valence-electron chi connectivity index (χ2n) is 8.27. The van der Waals surface area contributed by atoms with Gasteiger partial charge in [0.05, 0.1) is 13.0 Å². The maximum Gasteiger partial charge on any atom is 0.322 e. The zero-order valence-corrected chi connectivity index (χ0v) is 19.4. The van der Waals surface area contributed by atoms with E-state index in [0.717, 1.165) is 39.1 Å². The van der Waals surface area contributed by atoms with Crippen LogP contribution in [0.25, 0.3) is 10.1 Å². The first-order valence-electron chi connectivity index (χ1n) is 10.8. The summed E-state index contributed by atoms with van der Waals surface area (Å²) in [6, 6.07) is 8.68. The fourth-order valence-electron chi connectivity index (χ4n) is 4.04. The van der Waals surface area contributed by atoms with Gasteiger partial charge in [0.1, 0.15) is 5.84 Å². The van der Waals surface area contributed by atoms with Gasteiger partial charge in [-0.2, -0.15) is 5.10 Å². The van der Waals surface area contributed by atoms with Crippen molar-refractivity contribution in [3.8, 4) is 0 Å². The molecular weight excluding hydrogens is 412 g/mol. The number of benzene rings is 1. The Morgan fingerprint density at radius 3 is 2.84 bits per heavy atom. The van der Waals surface area contributed by atoms with Crippen LogP contribution in [0.15, 0.2) is 34.7 Å². The van der Waals surface area contributed by atoms with Gasteiger partial charge in [-0.05, 0) is 30.0 Å². The molecule has 1 unspecified atom stereocenters. The number of thiophene rings is 1. The first-order valence-corrected chi connectivity index (χ1v) is 11.7. The molecule has 0 saturated carbocycles. The van der Waals surface area contributed by atoms with Crippen molar-refractivity contribution in [1.82, 2.24) is 20.1 Å². The number of carbonyl (C=O) groups excluding carboxylic acids is 1. The highest BCUT2D eigenvalue weighted by Gasteiger charge is 2.26. The number of urea groups is 1. The van der Waals surface area contributed by atoms with E-state index in [1.54, 1.807) is 19.1 Å². The summed E-state index contributed by atoms with van der Waals surface area (Å²) in [5.74, 6) is 0.656. The van der Waals surface area contributed by atoms with E-state index in [1.807, 2.05) is 18.4 Å². The van der Waals surface area contributed by atoms with Crippen LogP contribution in [0, 0.1) is 0 Å². The normalized spacial score (nSPS) is 19.7. The largest absolute Gasteiger partial charge is 0.368 e. The number of amidine groups is 1. The summed E-state index contributed by atoms with van der Waals surface area (Å²) in [7, 11) is 5.31. The predicted octanol–water partition coefficient (Wildman–Crippen LogP) is 2.68. The summed E-state index contributed by atoms with van der Waals surface area (Å²) in [4.78, 5) is 18.3. The summed E-state index contributed by atoms with van der Waals surface area (Å²) >= 11 is 1.81. The third-order valence-corrected chi connectivity index (χ3v) is 6.72. The highest BCUT2D eigenvalue weighted by atomic mass is 32.1. The van der Waals surface area contributed by atoms with E-state index in [9.17, 15) is 4.79 Å². The standard InChI is InChI=1S/C22H32N6O2S/c1-25(2)22(29)23-20-16-21(26(3)24-20)30-14-5-9-27-10-12-28(13-11-27)18-6-4-7-19-17(18)8-15-31-19/h4,6-8,15,21H,5,9-14,16H2,1-3H3,(H,23,24,29). The van der Waals surface area contributed by atoms with Crippen LogP contribution in [-0.4, -0.2) is 93.4 Å². The first-order chi connectivity index (χ1) is 15.0. The minimum Gasteiger partial charge on any atom is -0.368 e. The molecule has 0 radical (unpaired) electrons. The van der Waals surface area contributed by atoms with Gasteiger partial charge in [0.15, 0.2) is 6.23 Å². The molecule has 1 saturated heterocycles. The molecule has 2 amide bonds. The molecule has 4 rings (SSSR count). The SMILES string of the molecule is CN(C)C(=O)NC1=NN(C)C(OCCCN2CCN(c3cccc4sccc34)CC2)C1. The maximum absolute atomic E-state index is 11.8. The van der Waals surface area contributed by atoms with Crippen LogP contribution in [0.4, 0.5) is 10.5 Å². The second kappa shape index (κ2) is 9.84. The van der Waals surface area contributed by atoms with Gasteiger partial charge in [0, 0.05) is 69.6 Å². The van der Waals surface area contributed by atoms with Gasteiger partial charge in [0.2, 0.25) is 0 Å². The fraction of sp³-hybridized carbons (Fsp3) is 0.545. The van der Waals surface area contributed by atoms with Crippen LogP contribution in [-0.2, 0) is 4.74 Å². The molecule has 1 aromatic carbocycles. The number of fused-ring (bicyclic) bond motifs is 1. The number of hydrogen-bond acceptors (Lipinski definition) is 7. The van der Waals surface area contributed by atoms with Crippen molar-refractivity contribution in [2.45, 2.75) is 19.1 Å². The van der Waals surface area contributed by atoms with Gasteiger partial charge >= 0.3 is 6.03 Å². The van der Waals surface area contributed by atoms with Crippen LogP contribution in [0.2, 0.25) is 0 Å². The summed E-state index contributed by atoms with van der Waals surface area (Å²) in [5, 5.41) is 12.5. The second-order valence-corrected chi connectivity index (χ2v) is 9.21. The zero-order chi connectivity index (χ0) is 21.8. The van der Waals surface area contributed by atoms with Gasteiger partial charge < -0.3 is 14.5 Å². The summed E-state index contributed by atoms with van der Waals surface area (Å²) < 4.78 is 7.38. The Labute approximate surface area is 188 Å². The number of anilines is 1. The van der Waals surface area contributed by atoms with Crippen molar-refractivity contribution >= 4 is 39.0 Å². The van der Waals surface area contributed by atoms with E-state index in [1.165, 1.54) is 20.7 Å². The Morgan fingerprint density at radius 2 is 2.06 bits per heavy atom. The van der Waals surface area contributed by atoms with Crippen molar-refractivity contribution in [3.05, 3.63) is 29.6 Å². The van der Waals surface area contributed by atoms with Crippen LogP contribution >= 0.6 is 11.3 Å². The lowest BCUT2D eigenvalue weighted by atomic mass is 10.2. The highest BCUT2D eigenvalue weighted by molar-refractivity contribution is 7.17. The molecule has 0 aliphatic carbocycles. The first kappa shape index (κ1) is 21.9. The molecule has 1 atom stereocenters. The molecule has 8 nitrogen and oxygen atoms in total. The van der Waals surface area contributed by atoms with Gasteiger partial charge in [-0.25, -0.2) is 4.79 Å². The lowest BCUT2D eigenvalue weighted by molar-refractivity contribution is -0.0342. The smallest absolute Gasteiger partial charge is 0.322 e.